The van der Waals surface area contributed by atoms with Crippen molar-refractivity contribution >= 4 is 0 Å². The minimum Gasteiger partial charge on any atom is -0.330 e. The fourth-order valence-electron chi connectivity index (χ4n) is 3.07. The number of nitrogens with two attached hydrogens (primary N) is 1. The minimum absolute atomic E-state index is 0.616. The molecule has 0 radical (unpaired) electrons. The normalized spacial score (nSPS) is 22.5. The van der Waals surface area contributed by atoms with E-state index in [1.54, 1.807) is 0 Å². The quantitative estimate of drug-likeness (QED) is 0.723. The Morgan fingerprint density at radius 3 is 2.38 bits per heavy atom. The summed E-state index contributed by atoms with van der Waals surface area (Å²) in [6, 6.07) is 0. The van der Waals surface area contributed by atoms with Crippen LogP contribution in [0, 0.1) is 11.3 Å². The molecule has 96 valence electrons. The number of hydrogen-bond acceptors (Lipinski definition) is 2. The van der Waals surface area contributed by atoms with Gasteiger partial charge in [-0.25, -0.2) is 0 Å². The fraction of sp³-hybridized carbons (Fsp3) is 1.00. The molecule has 0 aromatic rings. The van der Waals surface area contributed by atoms with E-state index < -0.39 is 0 Å². The second-order valence-corrected chi connectivity index (χ2v) is 5.58. The Hall–Kier alpha value is -0.0800. The third-order valence-electron chi connectivity index (χ3n) is 4.56. The first-order valence-electron chi connectivity index (χ1n) is 7.12. The van der Waals surface area contributed by atoms with Crippen LogP contribution in [0.4, 0.5) is 0 Å². The van der Waals surface area contributed by atoms with Crippen LogP contribution in [-0.2, 0) is 0 Å². The third kappa shape index (κ3) is 3.46. The van der Waals surface area contributed by atoms with Gasteiger partial charge in [0.2, 0.25) is 0 Å². The van der Waals surface area contributed by atoms with E-state index in [9.17, 15) is 0 Å². The van der Waals surface area contributed by atoms with Crippen LogP contribution in [0.1, 0.15) is 52.9 Å². The average molecular weight is 226 g/mol. The molecular weight excluding hydrogens is 196 g/mol. The van der Waals surface area contributed by atoms with Crippen molar-refractivity contribution in [1.29, 1.82) is 0 Å². The number of hydrogen-bond donors (Lipinski definition) is 1. The van der Waals surface area contributed by atoms with Gasteiger partial charge in [-0.1, -0.05) is 27.2 Å². The highest BCUT2D eigenvalue weighted by Gasteiger charge is 2.35. The standard InChI is InChI=1S/C14H30N2/c1-4-7-13(10-15)11-16-9-8-14(5-2,6-3)12-16/h13H,4-12,15H2,1-3H3. The van der Waals surface area contributed by atoms with E-state index in [-0.39, 0.29) is 0 Å². The molecule has 2 N–H and O–H groups in total. The molecular formula is C14H30N2. The van der Waals surface area contributed by atoms with Gasteiger partial charge in [0.15, 0.2) is 0 Å². The monoisotopic (exact) mass is 226 g/mol. The predicted molar refractivity (Wildman–Crippen MR) is 71.5 cm³/mol. The van der Waals surface area contributed by atoms with Crippen LogP contribution in [-0.4, -0.2) is 31.1 Å². The maximum Gasteiger partial charge on any atom is 0.00384 e. The lowest BCUT2D eigenvalue weighted by Crippen LogP contribution is -2.33. The maximum atomic E-state index is 5.84. The Kier molecular flexibility index (Phi) is 5.77. The molecule has 0 aliphatic carbocycles. The Morgan fingerprint density at radius 2 is 1.94 bits per heavy atom. The molecule has 0 spiro atoms. The zero-order chi connectivity index (χ0) is 12.0. The van der Waals surface area contributed by atoms with E-state index in [0.717, 1.165) is 12.5 Å². The lowest BCUT2D eigenvalue weighted by Gasteiger charge is -2.28. The van der Waals surface area contributed by atoms with Gasteiger partial charge in [-0.05, 0) is 50.1 Å². The molecule has 1 rings (SSSR count). The summed E-state index contributed by atoms with van der Waals surface area (Å²) in [6.07, 6.45) is 6.62. The number of rotatable bonds is 7. The summed E-state index contributed by atoms with van der Waals surface area (Å²) in [6.45, 7) is 11.6. The zero-order valence-electron chi connectivity index (χ0n) is 11.5. The van der Waals surface area contributed by atoms with Gasteiger partial charge < -0.3 is 10.6 Å². The molecule has 1 aliphatic rings. The van der Waals surface area contributed by atoms with Crippen LogP contribution < -0.4 is 5.73 Å². The number of nitrogens with zero attached hydrogens (tertiary/aromatic N) is 1. The molecule has 1 fully saturated rings. The van der Waals surface area contributed by atoms with E-state index in [2.05, 4.69) is 25.7 Å². The molecule has 0 amide bonds. The first-order chi connectivity index (χ1) is 7.69. The van der Waals surface area contributed by atoms with Crippen LogP contribution in [0.5, 0.6) is 0 Å². The first-order valence-corrected chi connectivity index (χ1v) is 7.12. The molecule has 1 atom stereocenters. The Balaban J connectivity index is 2.40. The maximum absolute atomic E-state index is 5.84. The summed E-state index contributed by atoms with van der Waals surface area (Å²) >= 11 is 0. The van der Waals surface area contributed by atoms with Crippen molar-refractivity contribution < 1.29 is 0 Å². The molecule has 0 bridgehead atoms. The van der Waals surface area contributed by atoms with Crippen molar-refractivity contribution in [3.63, 3.8) is 0 Å². The van der Waals surface area contributed by atoms with Crippen molar-refractivity contribution in [2.24, 2.45) is 17.1 Å². The zero-order valence-corrected chi connectivity index (χ0v) is 11.5. The summed E-state index contributed by atoms with van der Waals surface area (Å²) in [4.78, 5) is 2.65. The summed E-state index contributed by atoms with van der Waals surface area (Å²) in [7, 11) is 0. The lowest BCUT2D eigenvalue weighted by molar-refractivity contribution is 0.215. The topological polar surface area (TPSA) is 29.3 Å². The van der Waals surface area contributed by atoms with E-state index in [1.807, 2.05) is 0 Å². The van der Waals surface area contributed by atoms with Gasteiger partial charge in [-0.2, -0.15) is 0 Å². The van der Waals surface area contributed by atoms with Crippen LogP contribution in [0.15, 0.2) is 0 Å². The van der Waals surface area contributed by atoms with Gasteiger partial charge in [0.05, 0.1) is 0 Å². The smallest absolute Gasteiger partial charge is 0.00384 e. The summed E-state index contributed by atoms with van der Waals surface area (Å²) < 4.78 is 0. The van der Waals surface area contributed by atoms with Crippen molar-refractivity contribution in [2.75, 3.05) is 26.2 Å². The molecule has 1 unspecified atom stereocenters. The van der Waals surface area contributed by atoms with Crippen molar-refractivity contribution in [3.05, 3.63) is 0 Å². The van der Waals surface area contributed by atoms with Crippen LogP contribution in [0.25, 0.3) is 0 Å². The Morgan fingerprint density at radius 1 is 1.25 bits per heavy atom. The number of likely N-dealkylation sites (tertiary alicyclic amines) is 1. The van der Waals surface area contributed by atoms with Gasteiger partial charge in [-0.15, -0.1) is 0 Å². The van der Waals surface area contributed by atoms with E-state index >= 15 is 0 Å². The van der Waals surface area contributed by atoms with Crippen LogP contribution in [0.3, 0.4) is 0 Å². The Bertz CT molecular complexity index is 187. The van der Waals surface area contributed by atoms with Crippen molar-refractivity contribution in [3.8, 4) is 0 Å². The molecule has 16 heavy (non-hydrogen) atoms. The highest BCUT2D eigenvalue weighted by Crippen LogP contribution is 2.37. The summed E-state index contributed by atoms with van der Waals surface area (Å²) in [5, 5.41) is 0. The van der Waals surface area contributed by atoms with Gasteiger partial charge in [0, 0.05) is 13.1 Å². The van der Waals surface area contributed by atoms with E-state index in [0.29, 0.717) is 5.41 Å². The minimum atomic E-state index is 0.616. The fourth-order valence-corrected chi connectivity index (χ4v) is 3.07. The lowest BCUT2D eigenvalue weighted by atomic mass is 9.82. The molecule has 0 aromatic carbocycles. The van der Waals surface area contributed by atoms with Gasteiger partial charge in [0.25, 0.3) is 0 Å². The molecule has 2 heteroatoms. The van der Waals surface area contributed by atoms with Gasteiger partial charge in [-0.3, -0.25) is 0 Å². The molecule has 1 aliphatic heterocycles. The van der Waals surface area contributed by atoms with Gasteiger partial charge >= 0.3 is 0 Å². The second kappa shape index (κ2) is 6.61. The van der Waals surface area contributed by atoms with Crippen LogP contribution >= 0.6 is 0 Å². The average Bonchev–Trinajstić information content (AvgIpc) is 2.73. The van der Waals surface area contributed by atoms with Crippen molar-refractivity contribution in [1.82, 2.24) is 4.90 Å². The van der Waals surface area contributed by atoms with Gasteiger partial charge in [0.1, 0.15) is 0 Å². The van der Waals surface area contributed by atoms with E-state index in [4.69, 9.17) is 5.73 Å². The first kappa shape index (κ1) is 14.0. The molecule has 0 aromatic heterocycles. The Labute approximate surface area is 102 Å². The molecule has 0 saturated carbocycles. The molecule has 1 heterocycles. The largest absolute Gasteiger partial charge is 0.330 e. The summed E-state index contributed by atoms with van der Waals surface area (Å²) in [5.74, 6) is 0.717. The highest BCUT2D eigenvalue weighted by atomic mass is 15.2. The van der Waals surface area contributed by atoms with Crippen LogP contribution in [0.2, 0.25) is 0 Å². The highest BCUT2D eigenvalue weighted by molar-refractivity contribution is 4.88. The third-order valence-corrected chi connectivity index (χ3v) is 4.56. The summed E-state index contributed by atoms with van der Waals surface area (Å²) in [5.41, 5.74) is 6.46. The van der Waals surface area contributed by atoms with Crippen molar-refractivity contribution in [2.45, 2.75) is 52.9 Å². The second-order valence-electron chi connectivity index (χ2n) is 5.58. The molecule has 1 saturated heterocycles. The van der Waals surface area contributed by atoms with E-state index in [1.165, 1.54) is 51.7 Å². The predicted octanol–water partition coefficient (Wildman–Crippen LogP) is 2.87. The molecule has 2 nitrogen and oxygen atoms in total. The SMILES string of the molecule is CCCC(CN)CN1CCC(CC)(CC)C1.